The lowest BCUT2D eigenvalue weighted by Gasteiger charge is -2.25. The van der Waals surface area contributed by atoms with Gasteiger partial charge in [-0.3, -0.25) is 14.5 Å². The molecule has 7 nitrogen and oxygen atoms in total. The predicted octanol–water partition coefficient (Wildman–Crippen LogP) is 4.01. The van der Waals surface area contributed by atoms with Crippen LogP contribution >= 0.6 is 0 Å². The van der Waals surface area contributed by atoms with Crippen LogP contribution in [-0.4, -0.2) is 34.9 Å². The van der Waals surface area contributed by atoms with Crippen LogP contribution in [0.5, 0.6) is 0 Å². The van der Waals surface area contributed by atoms with Crippen molar-refractivity contribution >= 4 is 23.6 Å². The van der Waals surface area contributed by atoms with E-state index >= 15 is 0 Å². The van der Waals surface area contributed by atoms with Crippen molar-refractivity contribution in [1.29, 1.82) is 0 Å². The van der Waals surface area contributed by atoms with Gasteiger partial charge in [0.25, 0.3) is 0 Å². The normalized spacial score (nSPS) is 18.9. The topological polar surface area (TPSA) is 87.7 Å². The van der Waals surface area contributed by atoms with E-state index < -0.39 is 18.2 Å². The Morgan fingerprint density at radius 3 is 2.52 bits per heavy atom. The van der Waals surface area contributed by atoms with Gasteiger partial charge in [-0.1, -0.05) is 56.3 Å². The number of amides is 3. The van der Waals surface area contributed by atoms with Gasteiger partial charge in [-0.15, -0.1) is 0 Å². The fourth-order valence-electron chi connectivity index (χ4n) is 3.46. The number of hydrogen-bond acceptors (Lipinski definition) is 4. The van der Waals surface area contributed by atoms with Gasteiger partial charge in [-0.05, 0) is 36.6 Å². The minimum atomic E-state index is -0.821. The van der Waals surface area contributed by atoms with Gasteiger partial charge in [0, 0.05) is 18.2 Å². The first kappa shape index (κ1) is 22.3. The zero-order valence-corrected chi connectivity index (χ0v) is 18.1. The second kappa shape index (κ2) is 10.1. The number of nitrogens with one attached hydrogen (secondary N) is 2. The standard InChI is InChI=1S/C24H29N3O4/c1-4-16(3)25-23(29)21-22(18-12-9-13-19(14-18)26-20(28)5-2)31-24(30)27(21)15-17-10-7-6-8-11-17/h6-14,16,21-22H,4-5,15H2,1-3H3,(H,25,29)(H,26,28). The number of carbonyl (C=O) groups excluding carboxylic acids is 3. The van der Waals surface area contributed by atoms with Crippen LogP contribution in [0, 0.1) is 0 Å². The molecule has 3 atom stereocenters. The molecular weight excluding hydrogens is 394 g/mol. The van der Waals surface area contributed by atoms with E-state index in [1.54, 1.807) is 31.2 Å². The first-order chi connectivity index (χ1) is 14.9. The molecule has 0 bridgehead atoms. The average molecular weight is 424 g/mol. The van der Waals surface area contributed by atoms with Gasteiger partial charge in [-0.25, -0.2) is 4.79 Å². The molecule has 1 aliphatic heterocycles. The van der Waals surface area contributed by atoms with Crippen molar-refractivity contribution < 1.29 is 19.1 Å². The molecule has 1 saturated heterocycles. The molecule has 0 aliphatic carbocycles. The zero-order valence-electron chi connectivity index (χ0n) is 18.1. The molecule has 3 unspecified atom stereocenters. The van der Waals surface area contributed by atoms with Crippen LogP contribution in [0.15, 0.2) is 54.6 Å². The fourth-order valence-corrected chi connectivity index (χ4v) is 3.46. The van der Waals surface area contributed by atoms with Gasteiger partial charge in [0.05, 0.1) is 6.54 Å². The minimum Gasteiger partial charge on any atom is -0.438 e. The lowest BCUT2D eigenvalue weighted by molar-refractivity contribution is -0.127. The summed E-state index contributed by atoms with van der Waals surface area (Å²) in [6, 6.07) is 15.7. The van der Waals surface area contributed by atoms with Gasteiger partial charge in [0.2, 0.25) is 11.8 Å². The highest BCUT2D eigenvalue weighted by atomic mass is 16.6. The molecule has 0 spiro atoms. The Kier molecular flexibility index (Phi) is 7.28. The largest absolute Gasteiger partial charge is 0.438 e. The monoisotopic (exact) mass is 423 g/mol. The molecular formula is C24H29N3O4. The summed E-state index contributed by atoms with van der Waals surface area (Å²) in [6.45, 7) is 5.95. The van der Waals surface area contributed by atoms with Gasteiger partial charge < -0.3 is 15.4 Å². The highest BCUT2D eigenvalue weighted by molar-refractivity contribution is 5.91. The van der Waals surface area contributed by atoms with Gasteiger partial charge in [0.15, 0.2) is 12.1 Å². The van der Waals surface area contributed by atoms with E-state index in [0.29, 0.717) is 17.7 Å². The van der Waals surface area contributed by atoms with Crippen molar-refractivity contribution in [3.05, 3.63) is 65.7 Å². The molecule has 3 rings (SSSR count). The molecule has 0 saturated carbocycles. The fraction of sp³-hybridized carbons (Fsp3) is 0.375. The number of anilines is 1. The van der Waals surface area contributed by atoms with Crippen LogP contribution in [0.25, 0.3) is 0 Å². The van der Waals surface area contributed by atoms with Crippen LogP contribution in [0.1, 0.15) is 50.8 Å². The summed E-state index contributed by atoms with van der Waals surface area (Å²) in [7, 11) is 0. The van der Waals surface area contributed by atoms with Crippen molar-refractivity contribution in [2.24, 2.45) is 0 Å². The maximum atomic E-state index is 13.2. The Hall–Kier alpha value is -3.35. The van der Waals surface area contributed by atoms with Crippen molar-refractivity contribution in [3.8, 4) is 0 Å². The molecule has 2 N–H and O–H groups in total. The van der Waals surface area contributed by atoms with Crippen molar-refractivity contribution in [2.75, 3.05) is 5.32 Å². The molecule has 2 aromatic carbocycles. The van der Waals surface area contributed by atoms with Gasteiger partial charge in [0.1, 0.15) is 0 Å². The van der Waals surface area contributed by atoms with Crippen molar-refractivity contribution in [2.45, 2.75) is 58.3 Å². The van der Waals surface area contributed by atoms with Crippen LogP contribution in [0.2, 0.25) is 0 Å². The van der Waals surface area contributed by atoms with Crippen molar-refractivity contribution in [3.63, 3.8) is 0 Å². The Bertz CT molecular complexity index is 931. The van der Waals surface area contributed by atoms with E-state index in [1.165, 1.54) is 4.90 Å². The molecule has 2 aromatic rings. The second-order valence-electron chi connectivity index (χ2n) is 7.71. The third kappa shape index (κ3) is 5.42. The van der Waals surface area contributed by atoms with Crippen LogP contribution in [0.3, 0.4) is 0 Å². The number of benzene rings is 2. The molecule has 7 heteroatoms. The van der Waals surface area contributed by atoms with E-state index in [2.05, 4.69) is 10.6 Å². The molecule has 1 aliphatic rings. The SMILES string of the molecule is CCC(=O)Nc1cccc(C2OC(=O)N(Cc3ccccc3)C2C(=O)NC(C)CC)c1. The first-order valence-corrected chi connectivity index (χ1v) is 10.6. The van der Waals surface area contributed by atoms with Crippen LogP contribution in [0.4, 0.5) is 10.5 Å². The maximum Gasteiger partial charge on any atom is 0.411 e. The number of cyclic esters (lactones) is 1. The molecule has 0 aromatic heterocycles. The summed E-state index contributed by atoms with van der Waals surface area (Å²) in [4.78, 5) is 39.2. The first-order valence-electron chi connectivity index (χ1n) is 10.6. The summed E-state index contributed by atoms with van der Waals surface area (Å²) in [5.74, 6) is -0.374. The summed E-state index contributed by atoms with van der Waals surface area (Å²) in [5, 5.41) is 5.79. The van der Waals surface area contributed by atoms with E-state index in [4.69, 9.17) is 4.74 Å². The highest BCUT2D eigenvalue weighted by Crippen LogP contribution is 2.35. The minimum absolute atomic E-state index is 0.0300. The molecule has 1 heterocycles. The molecule has 31 heavy (non-hydrogen) atoms. The Balaban J connectivity index is 1.92. The Morgan fingerprint density at radius 1 is 1.10 bits per heavy atom. The van der Waals surface area contributed by atoms with Crippen LogP contribution < -0.4 is 10.6 Å². The smallest absolute Gasteiger partial charge is 0.411 e. The number of nitrogens with zero attached hydrogens (tertiary/aromatic N) is 1. The predicted molar refractivity (Wildman–Crippen MR) is 118 cm³/mol. The number of carbonyl (C=O) groups is 3. The second-order valence-corrected chi connectivity index (χ2v) is 7.71. The Morgan fingerprint density at radius 2 is 1.84 bits per heavy atom. The third-order valence-corrected chi connectivity index (χ3v) is 5.37. The highest BCUT2D eigenvalue weighted by Gasteiger charge is 2.47. The summed E-state index contributed by atoms with van der Waals surface area (Å²) < 4.78 is 5.68. The van der Waals surface area contributed by atoms with E-state index in [0.717, 1.165) is 12.0 Å². The zero-order chi connectivity index (χ0) is 22.4. The van der Waals surface area contributed by atoms with Gasteiger partial charge in [-0.2, -0.15) is 0 Å². The van der Waals surface area contributed by atoms with Gasteiger partial charge >= 0.3 is 6.09 Å². The van der Waals surface area contributed by atoms with E-state index in [-0.39, 0.29) is 24.4 Å². The molecule has 3 amide bonds. The average Bonchev–Trinajstić information content (AvgIpc) is 3.10. The molecule has 164 valence electrons. The Labute approximate surface area is 182 Å². The quantitative estimate of drug-likeness (QED) is 0.672. The lowest BCUT2D eigenvalue weighted by Crippen LogP contribution is -2.48. The number of hydrogen-bond donors (Lipinski definition) is 2. The van der Waals surface area contributed by atoms with Crippen LogP contribution in [-0.2, 0) is 20.9 Å². The molecule has 0 radical (unpaired) electrons. The number of rotatable bonds is 8. The van der Waals surface area contributed by atoms with E-state index in [1.807, 2.05) is 44.2 Å². The lowest BCUT2D eigenvalue weighted by atomic mass is 9.99. The molecule has 1 fully saturated rings. The maximum absolute atomic E-state index is 13.2. The summed E-state index contributed by atoms with van der Waals surface area (Å²) in [6.07, 6.45) is -0.192. The number of ether oxygens (including phenoxy) is 1. The summed E-state index contributed by atoms with van der Waals surface area (Å²) >= 11 is 0. The summed E-state index contributed by atoms with van der Waals surface area (Å²) in [5.41, 5.74) is 2.16. The third-order valence-electron chi connectivity index (χ3n) is 5.37. The van der Waals surface area contributed by atoms with E-state index in [9.17, 15) is 14.4 Å². The van der Waals surface area contributed by atoms with Crippen molar-refractivity contribution in [1.82, 2.24) is 10.2 Å².